The van der Waals surface area contributed by atoms with Crippen LogP contribution >= 0.6 is 11.3 Å². The lowest BCUT2D eigenvalue weighted by Crippen LogP contribution is -2.31. The van der Waals surface area contributed by atoms with Gasteiger partial charge < -0.3 is 9.64 Å². The number of carbonyl (C=O) groups excluding carboxylic acids is 1. The van der Waals surface area contributed by atoms with Crippen molar-refractivity contribution in [1.29, 1.82) is 0 Å². The first-order chi connectivity index (χ1) is 9.58. The van der Waals surface area contributed by atoms with Crippen molar-refractivity contribution in [3.05, 3.63) is 51.7 Å². The van der Waals surface area contributed by atoms with E-state index in [0.29, 0.717) is 13.2 Å². The minimum atomic E-state index is 0.0588. The number of amides is 1. The molecule has 0 aliphatic heterocycles. The van der Waals surface area contributed by atoms with Crippen molar-refractivity contribution in [2.45, 2.75) is 13.8 Å². The average Bonchev–Trinajstić information content (AvgIpc) is 2.78. The molecule has 0 unspecified atom stereocenters. The van der Waals surface area contributed by atoms with Gasteiger partial charge in [0.2, 0.25) is 0 Å². The highest BCUT2D eigenvalue weighted by atomic mass is 32.1. The van der Waals surface area contributed by atoms with Gasteiger partial charge in [-0.3, -0.25) is 4.79 Å². The molecule has 4 heteroatoms. The van der Waals surface area contributed by atoms with Gasteiger partial charge in [0.15, 0.2) is 0 Å². The predicted octanol–water partition coefficient (Wildman–Crippen LogP) is 3.52. The van der Waals surface area contributed by atoms with E-state index in [4.69, 9.17) is 4.74 Å². The Hall–Kier alpha value is -1.81. The molecule has 1 heterocycles. The van der Waals surface area contributed by atoms with Crippen LogP contribution in [0.1, 0.15) is 20.1 Å². The second-order valence-corrected chi connectivity index (χ2v) is 6.18. The van der Waals surface area contributed by atoms with Gasteiger partial charge in [-0.05, 0) is 32.0 Å². The Labute approximate surface area is 123 Å². The minimum absolute atomic E-state index is 0.0588. The number of likely N-dealkylation sites (N-methyl/N-ethyl adjacent to an activating group) is 1. The molecular formula is C16H19NO2S. The van der Waals surface area contributed by atoms with Gasteiger partial charge in [-0.1, -0.05) is 18.2 Å². The first-order valence-corrected chi connectivity index (χ1v) is 7.40. The lowest BCUT2D eigenvalue weighted by Gasteiger charge is -2.17. The van der Waals surface area contributed by atoms with E-state index in [2.05, 4.69) is 0 Å². The molecule has 20 heavy (non-hydrogen) atoms. The molecule has 2 rings (SSSR count). The largest absolute Gasteiger partial charge is 0.492 e. The number of aryl methyl sites for hydroxylation is 2. The van der Waals surface area contributed by atoms with Gasteiger partial charge in [0.25, 0.3) is 5.91 Å². The maximum Gasteiger partial charge on any atom is 0.254 e. The SMILES string of the molecule is Cc1cc(C(=O)N(C)CCOc2ccccc2)c(C)s1. The van der Waals surface area contributed by atoms with Crippen LogP contribution in [-0.2, 0) is 0 Å². The van der Waals surface area contributed by atoms with E-state index in [9.17, 15) is 4.79 Å². The molecule has 0 aliphatic rings. The third-order valence-corrected chi connectivity index (χ3v) is 4.02. The molecule has 0 saturated heterocycles. The quantitative estimate of drug-likeness (QED) is 0.843. The van der Waals surface area contributed by atoms with Gasteiger partial charge in [-0.2, -0.15) is 0 Å². The molecular weight excluding hydrogens is 270 g/mol. The second-order valence-electron chi connectivity index (χ2n) is 4.72. The molecule has 0 saturated carbocycles. The summed E-state index contributed by atoms with van der Waals surface area (Å²) in [5, 5.41) is 0. The molecule has 0 fully saturated rings. The van der Waals surface area contributed by atoms with E-state index < -0.39 is 0 Å². The maximum absolute atomic E-state index is 12.3. The Bertz CT molecular complexity index is 577. The van der Waals surface area contributed by atoms with Crippen molar-refractivity contribution >= 4 is 17.2 Å². The zero-order valence-electron chi connectivity index (χ0n) is 12.1. The fraction of sp³-hybridized carbons (Fsp3) is 0.312. The van der Waals surface area contributed by atoms with Crippen LogP contribution < -0.4 is 4.74 Å². The monoisotopic (exact) mass is 289 g/mol. The third kappa shape index (κ3) is 3.61. The minimum Gasteiger partial charge on any atom is -0.492 e. The molecule has 1 aromatic heterocycles. The maximum atomic E-state index is 12.3. The van der Waals surface area contributed by atoms with Crippen molar-refractivity contribution in [2.75, 3.05) is 20.2 Å². The summed E-state index contributed by atoms with van der Waals surface area (Å²) in [7, 11) is 1.81. The molecule has 106 valence electrons. The summed E-state index contributed by atoms with van der Waals surface area (Å²) in [6, 6.07) is 11.6. The molecule has 0 spiro atoms. The third-order valence-electron chi connectivity index (χ3n) is 3.06. The number of hydrogen-bond donors (Lipinski definition) is 0. The standard InChI is InChI=1S/C16H19NO2S/c1-12-11-15(13(2)20-12)16(18)17(3)9-10-19-14-7-5-4-6-8-14/h4-8,11H,9-10H2,1-3H3. The first kappa shape index (κ1) is 14.6. The highest BCUT2D eigenvalue weighted by Gasteiger charge is 2.16. The van der Waals surface area contributed by atoms with Crippen molar-refractivity contribution < 1.29 is 9.53 Å². The molecule has 1 aromatic carbocycles. The highest BCUT2D eigenvalue weighted by molar-refractivity contribution is 7.12. The number of thiophene rings is 1. The molecule has 0 N–H and O–H groups in total. The number of ether oxygens (including phenoxy) is 1. The number of para-hydroxylation sites is 1. The van der Waals surface area contributed by atoms with E-state index >= 15 is 0 Å². The Balaban J connectivity index is 1.87. The van der Waals surface area contributed by atoms with Crippen molar-refractivity contribution in [1.82, 2.24) is 4.90 Å². The fourth-order valence-corrected chi connectivity index (χ4v) is 2.88. The van der Waals surface area contributed by atoms with Crippen LogP contribution in [0.3, 0.4) is 0 Å². The van der Waals surface area contributed by atoms with Crippen LogP contribution in [0, 0.1) is 13.8 Å². The summed E-state index contributed by atoms with van der Waals surface area (Å²) in [4.78, 5) is 16.2. The molecule has 0 radical (unpaired) electrons. The second kappa shape index (κ2) is 6.57. The summed E-state index contributed by atoms with van der Waals surface area (Å²) in [6.07, 6.45) is 0. The zero-order valence-corrected chi connectivity index (χ0v) is 12.9. The van der Waals surface area contributed by atoms with Gasteiger partial charge in [0, 0.05) is 16.8 Å². The van der Waals surface area contributed by atoms with Gasteiger partial charge in [-0.25, -0.2) is 0 Å². The van der Waals surface area contributed by atoms with Gasteiger partial charge in [-0.15, -0.1) is 11.3 Å². The number of carbonyl (C=O) groups is 1. The van der Waals surface area contributed by atoms with E-state index in [0.717, 1.165) is 16.2 Å². The van der Waals surface area contributed by atoms with Crippen LogP contribution in [0.15, 0.2) is 36.4 Å². The van der Waals surface area contributed by atoms with E-state index in [1.807, 2.05) is 57.3 Å². The lowest BCUT2D eigenvalue weighted by atomic mass is 10.2. The summed E-state index contributed by atoms with van der Waals surface area (Å²) in [5.74, 6) is 0.888. The Kier molecular flexibility index (Phi) is 4.79. The fourth-order valence-electron chi connectivity index (χ4n) is 1.97. The van der Waals surface area contributed by atoms with Gasteiger partial charge in [0.05, 0.1) is 12.1 Å². The number of nitrogens with zero attached hydrogens (tertiary/aromatic N) is 1. The summed E-state index contributed by atoms with van der Waals surface area (Å²) < 4.78 is 5.61. The van der Waals surface area contributed by atoms with E-state index in [1.54, 1.807) is 16.2 Å². The number of benzene rings is 1. The Morgan fingerprint density at radius 2 is 1.95 bits per heavy atom. The van der Waals surface area contributed by atoms with E-state index in [-0.39, 0.29) is 5.91 Å². The molecule has 2 aromatic rings. The van der Waals surface area contributed by atoms with Crippen molar-refractivity contribution in [3.63, 3.8) is 0 Å². The smallest absolute Gasteiger partial charge is 0.254 e. The van der Waals surface area contributed by atoms with Gasteiger partial charge >= 0.3 is 0 Å². The zero-order chi connectivity index (χ0) is 14.5. The van der Waals surface area contributed by atoms with Crippen molar-refractivity contribution in [2.24, 2.45) is 0 Å². The molecule has 0 bridgehead atoms. The summed E-state index contributed by atoms with van der Waals surface area (Å²) in [6.45, 7) is 5.07. The summed E-state index contributed by atoms with van der Waals surface area (Å²) in [5.41, 5.74) is 0.801. The molecule has 3 nitrogen and oxygen atoms in total. The van der Waals surface area contributed by atoms with Crippen LogP contribution in [0.25, 0.3) is 0 Å². The van der Waals surface area contributed by atoms with Gasteiger partial charge in [0.1, 0.15) is 12.4 Å². The van der Waals surface area contributed by atoms with Crippen LogP contribution in [0.4, 0.5) is 0 Å². The molecule has 0 atom stereocenters. The Morgan fingerprint density at radius 3 is 2.55 bits per heavy atom. The highest BCUT2D eigenvalue weighted by Crippen LogP contribution is 2.21. The van der Waals surface area contributed by atoms with Crippen LogP contribution in [0.2, 0.25) is 0 Å². The average molecular weight is 289 g/mol. The molecule has 1 amide bonds. The van der Waals surface area contributed by atoms with Crippen LogP contribution in [-0.4, -0.2) is 31.0 Å². The van der Waals surface area contributed by atoms with Crippen LogP contribution in [0.5, 0.6) is 5.75 Å². The van der Waals surface area contributed by atoms with E-state index in [1.165, 1.54) is 4.88 Å². The molecule has 0 aliphatic carbocycles. The van der Waals surface area contributed by atoms with Crippen molar-refractivity contribution in [3.8, 4) is 5.75 Å². The lowest BCUT2D eigenvalue weighted by molar-refractivity contribution is 0.0773. The number of hydrogen-bond acceptors (Lipinski definition) is 3. The predicted molar refractivity (Wildman–Crippen MR) is 82.7 cm³/mol. The number of rotatable bonds is 5. The first-order valence-electron chi connectivity index (χ1n) is 6.58. The summed E-state index contributed by atoms with van der Waals surface area (Å²) >= 11 is 1.66. The normalized spacial score (nSPS) is 10.3. The topological polar surface area (TPSA) is 29.5 Å². The Morgan fingerprint density at radius 1 is 1.25 bits per heavy atom.